The minimum absolute atomic E-state index is 0.686. The summed E-state index contributed by atoms with van der Waals surface area (Å²) in [6.07, 6.45) is 2.36. The van der Waals surface area contributed by atoms with Gasteiger partial charge in [-0.05, 0) is 37.4 Å². The van der Waals surface area contributed by atoms with Crippen LogP contribution in [0.4, 0.5) is 5.82 Å². The van der Waals surface area contributed by atoms with Crippen molar-refractivity contribution in [2.75, 3.05) is 38.7 Å². The largest absolute Gasteiger partial charge is 0.384 e. The molecule has 1 atom stereocenters. The summed E-state index contributed by atoms with van der Waals surface area (Å²) in [7, 11) is 1.78. The molecule has 0 amide bonds. The highest BCUT2D eigenvalue weighted by Gasteiger charge is 2.22. The zero-order chi connectivity index (χ0) is 13.5. The van der Waals surface area contributed by atoms with Crippen LogP contribution >= 0.6 is 0 Å². The highest BCUT2D eigenvalue weighted by Crippen LogP contribution is 2.18. The van der Waals surface area contributed by atoms with Crippen molar-refractivity contribution in [3.05, 3.63) is 23.9 Å². The second kappa shape index (κ2) is 7.46. The Morgan fingerprint density at radius 2 is 2.37 bits per heavy atom. The Hall–Kier alpha value is -1.13. The van der Waals surface area contributed by atoms with Crippen LogP contribution in [-0.4, -0.2) is 43.2 Å². The fraction of sp³-hybridized carbons (Fsp3) is 0.667. The van der Waals surface area contributed by atoms with E-state index in [4.69, 9.17) is 4.74 Å². The predicted molar refractivity (Wildman–Crippen MR) is 78.3 cm³/mol. The van der Waals surface area contributed by atoms with Gasteiger partial charge >= 0.3 is 0 Å². The van der Waals surface area contributed by atoms with Crippen molar-refractivity contribution in [2.24, 2.45) is 5.92 Å². The van der Waals surface area contributed by atoms with E-state index in [-0.39, 0.29) is 0 Å². The standard InChI is InChI=1S/C15H25N3O/c1-3-8-16-15-6-4-5-14(17-15)11-18-9-7-13(10-18)12-19-2/h4-6,13H,3,7-12H2,1-2H3,(H,16,17). The number of nitrogens with zero attached hydrogens (tertiary/aromatic N) is 2. The molecule has 0 aliphatic carbocycles. The third kappa shape index (κ3) is 4.48. The zero-order valence-corrected chi connectivity index (χ0v) is 12.1. The van der Waals surface area contributed by atoms with Crippen LogP contribution < -0.4 is 5.32 Å². The van der Waals surface area contributed by atoms with E-state index in [0.29, 0.717) is 5.92 Å². The third-order valence-electron chi connectivity index (χ3n) is 3.52. The van der Waals surface area contributed by atoms with Crippen LogP contribution in [0.1, 0.15) is 25.5 Å². The fourth-order valence-corrected chi connectivity index (χ4v) is 2.58. The molecule has 0 spiro atoms. The quantitative estimate of drug-likeness (QED) is 0.819. The number of anilines is 1. The first-order valence-corrected chi connectivity index (χ1v) is 7.23. The predicted octanol–water partition coefficient (Wildman–Crippen LogP) is 2.37. The number of rotatable bonds is 7. The molecule has 1 saturated heterocycles. The maximum Gasteiger partial charge on any atom is 0.126 e. The number of aromatic nitrogens is 1. The van der Waals surface area contributed by atoms with Crippen LogP contribution in [0.25, 0.3) is 0 Å². The summed E-state index contributed by atoms with van der Waals surface area (Å²) in [5, 5.41) is 3.34. The Labute approximate surface area is 116 Å². The molecule has 1 aromatic heterocycles. The summed E-state index contributed by atoms with van der Waals surface area (Å²) >= 11 is 0. The van der Waals surface area contributed by atoms with Gasteiger partial charge in [0.25, 0.3) is 0 Å². The Morgan fingerprint density at radius 3 is 3.16 bits per heavy atom. The van der Waals surface area contributed by atoms with Crippen LogP contribution in [-0.2, 0) is 11.3 Å². The molecule has 2 heterocycles. The number of hydrogen-bond donors (Lipinski definition) is 1. The van der Waals surface area contributed by atoms with E-state index < -0.39 is 0 Å². The van der Waals surface area contributed by atoms with E-state index in [1.807, 2.05) is 6.07 Å². The zero-order valence-electron chi connectivity index (χ0n) is 12.1. The van der Waals surface area contributed by atoms with E-state index in [1.165, 1.54) is 6.42 Å². The number of ether oxygens (including phenoxy) is 1. The number of likely N-dealkylation sites (tertiary alicyclic amines) is 1. The first kappa shape index (κ1) is 14.3. The fourth-order valence-electron chi connectivity index (χ4n) is 2.58. The van der Waals surface area contributed by atoms with E-state index in [9.17, 15) is 0 Å². The monoisotopic (exact) mass is 263 g/mol. The highest BCUT2D eigenvalue weighted by molar-refractivity contribution is 5.35. The van der Waals surface area contributed by atoms with Crippen LogP contribution in [0.3, 0.4) is 0 Å². The van der Waals surface area contributed by atoms with Gasteiger partial charge in [-0.2, -0.15) is 0 Å². The molecule has 19 heavy (non-hydrogen) atoms. The normalized spacial score (nSPS) is 19.8. The van der Waals surface area contributed by atoms with Gasteiger partial charge in [-0.15, -0.1) is 0 Å². The van der Waals surface area contributed by atoms with Gasteiger partial charge in [0.1, 0.15) is 5.82 Å². The van der Waals surface area contributed by atoms with Gasteiger partial charge in [0.2, 0.25) is 0 Å². The molecule has 0 saturated carbocycles. The smallest absolute Gasteiger partial charge is 0.126 e. The maximum absolute atomic E-state index is 5.24. The minimum Gasteiger partial charge on any atom is -0.384 e. The van der Waals surface area contributed by atoms with E-state index in [2.05, 4.69) is 34.3 Å². The van der Waals surface area contributed by atoms with Crippen molar-refractivity contribution < 1.29 is 4.74 Å². The van der Waals surface area contributed by atoms with Crippen molar-refractivity contribution >= 4 is 5.82 Å². The van der Waals surface area contributed by atoms with Crippen molar-refractivity contribution in [3.8, 4) is 0 Å². The first-order valence-electron chi connectivity index (χ1n) is 7.23. The maximum atomic E-state index is 5.24. The molecule has 0 radical (unpaired) electrons. The minimum atomic E-state index is 0.686. The van der Waals surface area contributed by atoms with Gasteiger partial charge in [0, 0.05) is 26.7 Å². The molecule has 4 heteroatoms. The molecule has 2 rings (SSSR count). The van der Waals surface area contributed by atoms with Crippen LogP contribution in [0.2, 0.25) is 0 Å². The number of nitrogens with one attached hydrogen (secondary N) is 1. The van der Waals surface area contributed by atoms with Crippen molar-refractivity contribution in [1.29, 1.82) is 0 Å². The van der Waals surface area contributed by atoms with Crippen LogP contribution in [0.15, 0.2) is 18.2 Å². The summed E-state index contributed by atoms with van der Waals surface area (Å²) in [4.78, 5) is 7.13. The summed E-state index contributed by atoms with van der Waals surface area (Å²) in [6, 6.07) is 6.24. The van der Waals surface area contributed by atoms with Crippen LogP contribution in [0, 0.1) is 5.92 Å². The molecule has 1 fully saturated rings. The molecule has 0 aromatic carbocycles. The molecular formula is C15H25N3O. The summed E-state index contributed by atoms with van der Waals surface area (Å²) < 4.78 is 5.24. The molecule has 1 aromatic rings. The van der Waals surface area contributed by atoms with Gasteiger partial charge in [-0.25, -0.2) is 4.98 Å². The summed E-state index contributed by atoms with van der Waals surface area (Å²) in [5.74, 6) is 1.68. The Kier molecular flexibility index (Phi) is 5.61. The molecule has 106 valence electrons. The van der Waals surface area contributed by atoms with E-state index >= 15 is 0 Å². The van der Waals surface area contributed by atoms with Gasteiger partial charge in [-0.1, -0.05) is 13.0 Å². The lowest BCUT2D eigenvalue weighted by Crippen LogP contribution is -2.22. The topological polar surface area (TPSA) is 37.4 Å². The van der Waals surface area contributed by atoms with E-state index in [0.717, 1.165) is 50.7 Å². The molecule has 1 unspecified atom stereocenters. The van der Waals surface area contributed by atoms with Crippen molar-refractivity contribution in [1.82, 2.24) is 9.88 Å². The second-order valence-electron chi connectivity index (χ2n) is 5.29. The number of methoxy groups -OCH3 is 1. The Balaban J connectivity index is 1.85. The highest BCUT2D eigenvalue weighted by atomic mass is 16.5. The molecule has 1 aliphatic heterocycles. The Bertz CT molecular complexity index is 383. The molecule has 1 N–H and O–H groups in total. The van der Waals surface area contributed by atoms with Gasteiger partial charge < -0.3 is 10.1 Å². The third-order valence-corrected chi connectivity index (χ3v) is 3.52. The second-order valence-corrected chi connectivity index (χ2v) is 5.29. The molecular weight excluding hydrogens is 238 g/mol. The van der Waals surface area contributed by atoms with Gasteiger partial charge in [-0.3, -0.25) is 4.90 Å². The van der Waals surface area contributed by atoms with Crippen LogP contribution in [0.5, 0.6) is 0 Å². The summed E-state index contributed by atoms with van der Waals surface area (Å²) in [5.41, 5.74) is 1.15. The van der Waals surface area contributed by atoms with Gasteiger partial charge in [0.05, 0.1) is 12.3 Å². The summed E-state index contributed by atoms with van der Waals surface area (Å²) in [6.45, 7) is 7.25. The SMILES string of the molecule is CCCNc1cccc(CN2CCC(COC)C2)n1. The van der Waals surface area contributed by atoms with Crippen molar-refractivity contribution in [2.45, 2.75) is 26.3 Å². The lowest BCUT2D eigenvalue weighted by Gasteiger charge is -2.16. The number of pyridine rings is 1. The molecule has 4 nitrogen and oxygen atoms in total. The van der Waals surface area contributed by atoms with Crippen molar-refractivity contribution in [3.63, 3.8) is 0 Å². The average molecular weight is 263 g/mol. The first-order chi connectivity index (χ1) is 9.31. The van der Waals surface area contributed by atoms with Gasteiger partial charge in [0.15, 0.2) is 0 Å². The molecule has 1 aliphatic rings. The lowest BCUT2D eigenvalue weighted by atomic mass is 10.1. The average Bonchev–Trinajstić information content (AvgIpc) is 2.85. The van der Waals surface area contributed by atoms with E-state index in [1.54, 1.807) is 7.11 Å². The lowest BCUT2D eigenvalue weighted by molar-refractivity contribution is 0.152. The number of hydrogen-bond acceptors (Lipinski definition) is 4. The Morgan fingerprint density at radius 1 is 1.47 bits per heavy atom. The molecule has 0 bridgehead atoms.